The van der Waals surface area contributed by atoms with Crippen molar-refractivity contribution in [3.63, 3.8) is 0 Å². The summed E-state index contributed by atoms with van der Waals surface area (Å²) in [6, 6.07) is 11.3. The van der Waals surface area contributed by atoms with Gasteiger partial charge in [-0.2, -0.15) is 0 Å². The van der Waals surface area contributed by atoms with Crippen molar-refractivity contribution in [1.82, 2.24) is 10.2 Å². The summed E-state index contributed by atoms with van der Waals surface area (Å²) in [7, 11) is 0. The highest BCUT2D eigenvalue weighted by molar-refractivity contribution is 5.19. The molecular formula is C17H28N2. The highest BCUT2D eigenvalue weighted by Gasteiger charge is 2.28. The fourth-order valence-electron chi connectivity index (χ4n) is 2.62. The van der Waals surface area contributed by atoms with E-state index in [1.165, 1.54) is 18.7 Å². The molecule has 1 atom stereocenters. The maximum Gasteiger partial charge on any atom is 0.0449 e. The van der Waals surface area contributed by atoms with Crippen molar-refractivity contribution in [2.75, 3.05) is 26.2 Å². The zero-order valence-electron chi connectivity index (χ0n) is 12.8. The Hall–Kier alpha value is -0.860. The Kier molecular flexibility index (Phi) is 4.64. The number of nitrogens with zero attached hydrogens (tertiary/aromatic N) is 1. The molecule has 1 aliphatic heterocycles. The zero-order chi connectivity index (χ0) is 13.9. The molecule has 106 valence electrons. The van der Waals surface area contributed by atoms with Crippen LogP contribution in [0.5, 0.6) is 0 Å². The van der Waals surface area contributed by atoms with E-state index in [2.05, 4.69) is 68.2 Å². The molecule has 1 aromatic rings. The van der Waals surface area contributed by atoms with Crippen molar-refractivity contribution in [3.05, 3.63) is 35.9 Å². The van der Waals surface area contributed by atoms with Crippen LogP contribution in [0.4, 0.5) is 0 Å². The van der Waals surface area contributed by atoms with E-state index in [1.54, 1.807) is 0 Å². The van der Waals surface area contributed by atoms with E-state index in [0.29, 0.717) is 11.5 Å². The molecule has 1 unspecified atom stereocenters. The van der Waals surface area contributed by atoms with Gasteiger partial charge in [-0.15, -0.1) is 0 Å². The van der Waals surface area contributed by atoms with Gasteiger partial charge in [0, 0.05) is 32.2 Å². The highest BCUT2D eigenvalue weighted by atomic mass is 15.2. The molecule has 1 saturated heterocycles. The summed E-state index contributed by atoms with van der Waals surface area (Å²) in [5.41, 5.74) is 1.80. The van der Waals surface area contributed by atoms with Crippen LogP contribution in [0.3, 0.4) is 0 Å². The topological polar surface area (TPSA) is 15.3 Å². The molecule has 1 N–H and O–H groups in total. The second-order valence-corrected chi connectivity index (χ2v) is 6.80. The van der Waals surface area contributed by atoms with Crippen LogP contribution in [0, 0.1) is 11.3 Å². The lowest BCUT2D eigenvalue weighted by Crippen LogP contribution is -2.49. The predicted molar refractivity (Wildman–Crippen MR) is 82.2 cm³/mol. The summed E-state index contributed by atoms with van der Waals surface area (Å²) in [5, 5.41) is 3.64. The van der Waals surface area contributed by atoms with Crippen LogP contribution in [-0.2, 0) is 0 Å². The Balaban J connectivity index is 1.98. The van der Waals surface area contributed by atoms with Crippen molar-refractivity contribution in [2.24, 2.45) is 11.3 Å². The Labute approximate surface area is 118 Å². The number of hydrogen-bond acceptors (Lipinski definition) is 2. The van der Waals surface area contributed by atoms with E-state index in [4.69, 9.17) is 0 Å². The van der Waals surface area contributed by atoms with Crippen molar-refractivity contribution >= 4 is 0 Å². The van der Waals surface area contributed by atoms with E-state index in [-0.39, 0.29) is 0 Å². The van der Waals surface area contributed by atoms with Crippen LogP contribution in [0.15, 0.2) is 30.3 Å². The van der Waals surface area contributed by atoms with Crippen LogP contribution < -0.4 is 5.32 Å². The first kappa shape index (κ1) is 14.5. The van der Waals surface area contributed by atoms with Gasteiger partial charge in [0.05, 0.1) is 0 Å². The van der Waals surface area contributed by atoms with Crippen molar-refractivity contribution in [2.45, 2.75) is 33.7 Å². The number of piperazine rings is 1. The van der Waals surface area contributed by atoms with Gasteiger partial charge in [0.15, 0.2) is 0 Å². The van der Waals surface area contributed by atoms with Crippen LogP contribution in [0.25, 0.3) is 0 Å². The van der Waals surface area contributed by atoms with Gasteiger partial charge in [0.1, 0.15) is 0 Å². The van der Waals surface area contributed by atoms with E-state index in [9.17, 15) is 0 Å². The number of benzene rings is 1. The number of rotatable bonds is 4. The van der Waals surface area contributed by atoms with Gasteiger partial charge in [0.2, 0.25) is 0 Å². The van der Waals surface area contributed by atoms with Gasteiger partial charge >= 0.3 is 0 Å². The third-order valence-electron chi connectivity index (χ3n) is 4.66. The van der Waals surface area contributed by atoms with Gasteiger partial charge in [0.25, 0.3) is 0 Å². The minimum atomic E-state index is 0.387. The van der Waals surface area contributed by atoms with Crippen molar-refractivity contribution < 1.29 is 0 Å². The minimum Gasteiger partial charge on any atom is -0.308 e. The molecule has 1 aromatic carbocycles. The number of nitrogens with one attached hydrogen (secondary N) is 1. The summed E-state index contributed by atoms with van der Waals surface area (Å²) in [6.45, 7) is 14.0. The minimum absolute atomic E-state index is 0.387. The molecule has 0 saturated carbocycles. The summed E-state index contributed by atoms with van der Waals surface area (Å²) in [4.78, 5) is 2.62. The van der Waals surface area contributed by atoms with E-state index in [1.807, 2.05) is 0 Å². The monoisotopic (exact) mass is 260 g/mol. The van der Waals surface area contributed by atoms with Gasteiger partial charge in [-0.1, -0.05) is 58.0 Å². The van der Waals surface area contributed by atoms with E-state index >= 15 is 0 Å². The molecule has 2 nitrogen and oxygen atoms in total. The van der Waals surface area contributed by atoms with Gasteiger partial charge < -0.3 is 5.32 Å². The van der Waals surface area contributed by atoms with E-state index < -0.39 is 0 Å². The van der Waals surface area contributed by atoms with Crippen LogP contribution in [-0.4, -0.2) is 31.1 Å². The van der Waals surface area contributed by atoms with Gasteiger partial charge in [-0.3, -0.25) is 4.90 Å². The van der Waals surface area contributed by atoms with Gasteiger partial charge in [-0.25, -0.2) is 0 Å². The maximum absolute atomic E-state index is 3.64. The molecule has 0 aromatic heterocycles. The molecule has 0 aliphatic carbocycles. The Morgan fingerprint density at radius 1 is 1.26 bits per heavy atom. The van der Waals surface area contributed by atoms with E-state index in [0.717, 1.165) is 19.0 Å². The smallest absolute Gasteiger partial charge is 0.0449 e. The molecular weight excluding hydrogens is 232 g/mol. The summed E-state index contributed by atoms with van der Waals surface area (Å²) in [6.07, 6.45) is 0. The first-order valence-corrected chi connectivity index (χ1v) is 7.50. The molecule has 0 radical (unpaired) electrons. The Bertz CT molecular complexity index is 384. The molecule has 1 fully saturated rings. The molecule has 2 heteroatoms. The summed E-state index contributed by atoms with van der Waals surface area (Å²) >= 11 is 0. The highest BCUT2D eigenvalue weighted by Crippen LogP contribution is 2.28. The van der Waals surface area contributed by atoms with Crippen LogP contribution in [0.1, 0.15) is 39.3 Å². The average molecular weight is 260 g/mol. The molecule has 19 heavy (non-hydrogen) atoms. The molecule has 0 amide bonds. The molecule has 1 aliphatic rings. The maximum atomic E-state index is 3.64. The quantitative estimate of drug-likeness (QED) is 0.893. The second kappa shape index (κ2) is 6.06. The fraction of sp³-hybridized carbons (Fsp3) is 0.647. The lowest BCUT2D eigenvalue weighted by molar-refractivity contribution is 0.107. The SMILES string of the molecule is CC(C)C(C)(C)CN1CCNC(c2ccccc2)C1. The third-order valence-corrected chi connectivity index (χ3v) is 4.66. The standard InChI is InChI=1S/C17H28N2/c1-14(2)17(3,4)13-19-11-10-18-16(12-19)15-8-6-5-7-9-15/h5-9,14,16,18H,10-13H2,1-4H3. The Morgan fingerprint density at radius 3 is 2.58 bits per heavy atom. The van der Waals surface area contributed by atoms with Crippen LogP contribution in [0.2, 0.25) is 0 Å². The molecule has 0 bridgehead atoms. The van der Waals surface area contributed by atoms with Crippen molar-refractivity contribution in [1.29, 1.82) is 0 Å². The molecule has 0 spiro atoms. The van der Waals surface area contributed by atoms with Crippen LogP contribution >= 0.6 is 0 Å². The van der Waals surface area contributed by atoms with Gasteiger partial charge in [-0.05, 0) is 16.9 Å². The van der Waals surface area contributed by atoms with Crippen molar-refractivity contribution in [3.8, 4) is 0 Å². The third kappa shape index (κ3) is 3.80. The lowest BCUT2D eigenvalue weighted by Gasteiger charge is -2.40. The molecule has 2 rings (SSSR count). The predicted octanol–water partition coefficient (Wildman–Crippen LogP) is 3.32. The average Bonchev–Trinajstić information content (AvgIpc) is 2.39. The Morgan fingerprint density at radius 2 is 1.95 bits per heavy atom. The first-order chi connectivity index (χ1) is 8.99. The second-order valence-electron chi connectivity index (χ2n) is 6.80. The summed E-state index contributed by atoms with van der Waals surface area (Å²) in [5.74, 6) is 0.720. The number of hydrogen-bond donors (Lipinski definition) is 1. The fourth-order valence-corrected chi connectivity index (χ4v) is 2.62. The zero-order valence-corrected chi connectivity index (χ0v) is 12.8. The normalized spacial score (nSPS) is 21.8. The first-order valence-electron chi connectivity index (χ1n) is 7.50. The summed E-state index contributed by atoms with van der Waals surface area (Å²) < 4.78 is 0. The molecule has 1 heterocycles. The largest absolute Gasteiger partial charge is 0.308 e. The lowest BCUT2D eigenvalue weighted by atomic mass is 9.80.